The number of nitrogens with two attached hydrogens (primary N) is 1. The van der Waals surface area contributed by atoms with Crippen molar-refractivity contribution in [2.45, 2.75) is 24.0 Å². The van der Waals surface area contributed by atoms with E-state index in [2.05, 4.69) is 5.32 Å². The van der Waals surface area contributed by atoms with Crippen LogP contribution in [0.3, 0.4) is 0 Å². The summed E-state index contributed by atoms with van der Waals surface area (Å²) in [6.07, 6.45) is -0.772. The molecular weight excluding hydrogens is 430 g/mol. The van der Waals surface area contributed by atoms with E-state index >= 15 is 0 Å². The Balaban J connectivity index is 1.72. The predicted octanol–water partition coefficient (Wildman–Crippen LogP) is 2.61. The molecule has 0 saturated heterocycles. The van der Waals surface area contributed by atoms with Crippen LogP contribution in [0.1, 0.15) is 11.1 Å². The Kier molecular flexibility index (Phi) is 7.45. The minimum absolute atomic E-state index is 0.00788. The first-order valence-corrected chi connectivity index (χ1v) is 11.2. The molecule has 2 amide bonds. The number of alkyl carbamates (subject to hydrolysis) is 1. The van der Waals surface area contributed by atoms with Crippen LogP contribution in [0.15, 0.2) is 89.8 Å². The van der Waals surface area contributed by atoms with Crippen LogP contribution in [0.2, 0.25) is 0 Å². The van der Waals surface area contributed by atoms with Crippen molar-refractivity contribution < 1.29 is 22.7 Å². The number of benzene rings is 3. The zero-order chi connectivity index (χ0) is 23.0. The maximum absolute atomic E-state index is 12.8. The Morgan fingerprint density at radius 3 is 2.12 bits per heavy atom. The van der Waals surface area contributed by atoms with Gasteiger partial charge in [0.15, 0.2) is 0 Å². The van der Waals surface area contributed by atoms with Crippen molar-refractivity contribution in [3.05, 3.63) is 96.1 Å². The molecule has 4 N–H and O–H groups in total. The number of hydrogen-bond donors (Lipinski definition) is 3. The molecule has 9 heteroatoms. The lowest BCUT2D eigenvalue weighted by molar-refractivity contribution is -0.121. The fourth-order valence-corrected chi connectivity index (χ4v) is 3.98. The largest absolute Gasteiger partial charge is 0.445 e. The van der Waals surface area contributed by atoms with Crippen molar-refractivity contribution in [2.24, 2.45) is 0 Å². The van der Waals surface area contributed by atoms with E-state index in [4.69, 9.17) is 10.5 Å². The van der Waals surface area contributed by atoms with Gasteiger partial charge in [0.1, 0.15) is 12.6 Å². The molecule has 32 heavy (non-hydrogen) atoms. The zero-order valence-electron chi connectivity index (χ0n) is 17.1. The highest BCUT2D eigenvalue weighted by Crippen LogP contribution is 2.13. The summed E-state index contributed by atoms with van der Waals surface area (Å²) in [7, 11) is -4.18. The Labute approximate surface area is 186 Å². The van der Waals surface area contributed by atoms with E-state index in [9.17, 15) is 18.0 Å². The lowest BCUT2D eigenvalue weighted by atomic mass is 10.1. The van der Waals surface area contributed by atoms with Gasteiger partial charge >= 0.3 is 6.09 Å². The number of ether oxygens (including phenoxy) is 1. The molecule has 0 fully saturated rings. The van der Waals surface area contributed by atoms with Gasteiger partial charge in [-0.05, 0) is 29.3 Å². The third kappa shape index (κ3) is 6.58. The van der Waals surface area contributed by atoms with Crippen molar-refractivity contribution in [2.75, 3.05) is 5.73 Å². The van der Waals surface area contributed by atoms with Crippen LogP contribution in [0.4, 0.5) is 10.5 Å². The number of nitrogen functional groups attached to an aromatic ring is 1. The highest BCUT2D eigenvalue weighted by Gasteiger charge is 2.27. The number of carbonyl (C=O) groups excluding carboxylic acids is 2. The van der Waals surface area contributed by atoms with E-state index in [1.807, 2.05) is 29.0 Å². The van der Waals surface area contributed by atoms with Crippen LogP contribution in [0.5, 0.6) is 0 Å². The Bertz CT molecular complexity index is 1170. The van der Waals surface area contributed by atoms with E-state index in [1.54, 1.807) is 36.4 Å². The summed E-state index contributed by atoms with van der Waals surface area (Å²) in [6, 6.07) is 22.3. The summed E-state index contributed by atoms with van der Waals surface area (Å²) >= 11 is 0. The molecule has 0 aliphatic rings. The van der Waals surface area contributed by atoms with E-state index in [1.165, 1.54) is 24.3 Å². The average molecular weight is 454 g/mol. The molecule has 0 aliphatic heterocycles. The molecule has 3 rings (SSSR count). The van der Waals surface area contributed by atoms with E-state index in [-0.39, 0.29) is 23.6 Å². The maximum Gasteiger partial charge on any atom is 0.408 e. The second-order valence-corrected chi connectivity index (χ2v) is 8.67. The number of carbonyl (C=O) groups is 2. The zero-order valence-corrected chi connectivity index (χ0v) is 17.9. The average Bonchev–Trinajstić information content (AvgIpc) is 2.78. The van der Waals surface area contributed by atoms with Gasteiger partial charge in [-0.1, -0.05) is 66.7 Å². The van der Waals surface area contributed by atoms with Gasteiger partial charge in [0.25, 0.3) is 15.9 Å². The van der Waals surface area contributed by atoms with Crippen molar-refractivity contribution in [1.82, 2.24) is 10.0 Å². The standard InChI is InChI=1S/C23H23N3O5S/c24-19-12-7-13-20(15-19)32(29,30)26-22(27)21(14-17-8-3-1-4-9-17)25-23(28)31-16-18-10-5-2-6-11-18/h1-13,15,21H,14,16,24H2,(H,25,28)(H,26,27)/t21-/m0/s1. The van der Waals surface area contributed by atoms with Gasteiger partial charge in [-0.3, -0.25) is 4.79 Å². The molecule has 166 valence electrons. The molecule has 8 nitrogen and oxygen atoms in total. The summed E-state index contributed by atoms with van der Waals surface area (Å²) < 4.78 is 32.4. The van der Waals surface area contributed by atoms with Crippen molar-refractivity contribution in [3.8, 4) is 0 Å². The van der Waals surface area contributed by atoms with Gasteiger partial charge in [0, 0.05) is 12.1 Å². The first kappa shape index (κ1) is 22.8. The molecule has 1 atom stereocenters. The van der Waals surface area contributed by atoms with Crippen LogP contribution in [0, 0.1) is 0 Å². The van der Waals surface area contributed by atoms with Gasteiger partial charge in [-0.15, -0.1) is 0 Å². The number of hydrogen-bond acceptors (Lipinski definition) is 6. The number of anilines is 1. The van der Waals surface area contributed by atoms with Crippen LogP contribution >= 0.6 is 0 Å². The summed E-state index contributed by atoms with van der Waals surface area (Å²) in [4.78, 5) is 25.0. The highest BCUT2D eigenvalue weighted by atomic mass is 32.2. The minimum Gasteiger partial charge on any atom is -0.445 e. The topological polar surface area (TPSA) is 128 Å². The second-order valence-electron chi connectivity index (χ2n) is 6.99. The lowest BCUT2D eigenvalue weighted by Crippen LogP contribution is -2.49. The van der Waals surface area contributed by atoms with E-state index in [0.29, 0.717) is 0 Å². The molecule has 3 aromatic rings. The van der Waals surface area contributed by atoms with Crippen molar-refractivity contribution >= 4 is 27.7 Å². The molecular formula is C23H23N3O5S. The van der Waals surface area contributed by atoms with Crippen LogP contribution in [-0.4, -0.2) is 26.5 Å². The van der Waals surface area contributed by atoms with Crippen LogP contribution in [0.25, 0.3) is 0 Å². The third-order valence-corrected chi connectivity index (χ3v) is 5.85. The number of sulfonamides is 1. The molecule has 0 heterocycles. The molecule has 0 aromatic heterocycles. The minimum atomic E-state index is -4.18. The first-order chi connectivity index (χ1) is 15.3. The highest BCUT2D eigenvalue weighted by molar-refractivity contribution is 7.90. The fraction of sp³-hybridized carbons (Fsp3) is 0.130. The van der Waals surface area contributed by atoms with Gasteiger partial charge < -0.3 is 15.8 Å². The third-order valence-electron chi connectivity index (χ3n) is 4.51. The summed E-state index contributed by atoms with van der Waals surface area (Å²) in [5, 5.41) is 2.46. The van der Waals surface area contributed by atoms with Gasteiger partial charge in [0.05, 0.1) is 4.90 Å². The Hall–Kier alpha value is -3.85. The van der Waals surface area contributed by atoms with Crippen molar-refractivity contribution in [3.63, 3.8) is 0 Å². The molecule has 0 unspecified atom stereocenters. The SMILES string of the molecule is Nc1cccc(S(=O)(=O)NC(=O)[C@H](Cc2ccccc2)NC(=O)OCc2ccccc2)c1. The van der Waals surface area contributed by atoms with Gasteiger partial charge in [0.2, 0.25) is 0 Å². The molecule has 0 bridgehead atoms. The number of amides is 2. The van der Waals surface area contributed by atoms with Gasteiger partial charge in [-0.2, -0.15) is 0 Å². The fourth-order valence-electron chi connectivity index (χ4n) is 2.91. The Morgan fingerprint density at radius 2 is 1.50 bits per heavy atom. The molecule has 3 aromatic carbocycles. The summed E-state index contributed by atoms with van der Waals surface area (Å²) in [5.41, 5.74) is 7.39. The molecule has 0 aliphatic carbocycles. The van der Waals surface area contributed by atoms with Crippen LogP contribution in [-0.2, 0) is 32.6 Å². The monoisotopic (exact) mass is 453 g/mol. The van der Waals surface area contributed by atoms with Crippen molar-refractivity contribution in [1.29, 1.82) is 0 Å². The molecule has 0 saturated carbocycles. The predicted molar refractivity (Wildman–Crippen MR) is 120 cm³/mol. The number of rotatable bonds is 8. The first-order valence-electron chi connectivity index (χ1n) is 9.77. The lowest BCUT2D eigenvalue weighted by Gasteiger charge is -2.19. The summed E-state index contributed by atoms with van der Waals surface area (Å²) in [6.45, 7) is 0.00788. The van der Waals surface area contributed by atoms with Crippen LogP contribution < -0.4 is 15.8 Å². The smallest absolute Gasteiger partial charge is 0.408 e. The van der Waals surface area contributed by atoms with Gasteiger partial charge in [-0.25, -0.2) is 17.9 Å². The Morgan fingerprint density at radius 1 is 0.875 bits per heavy atom. The normalized spacial score (nSPS) is 11.9. The quantitative estimate of drug-likeness (QED) is 0.450. The molecule has 0 spiro atoms. The second kappa shape index (κ2) is 10.5. The molecule has 0 radical (unpaired) electrons. The van der Waals surface area contributed by atoms with E-state index in [0.717, 1.165) is 11.1 Å². The maximum atomic E-state index is 12.8. The summed E-state index contributed by atoms with van der Waals surface area (Å²) in [5.74, 6) is -0.895. The van der Waals surface area contributed by atoms with E-state index < -0.39 is 28.1 Å². The number of nitrogens with one attached hydrogen (secondary N) is 2.